The standard InChI is InChI=1S/C16H32Si3/c1-8-17(2,3)14-15-18(4,5)19(6,7)16-12-10-9-11-13-16/h9-13H,8,14-15H2,1-7H3. The van der Waals surface area contributed by atoms with E-state index < -0.39 is 23.3 Å². The fraction of sp³-hybridized carbons (Fsp3) is 0.625. The highest BCUT2D eigenvalue weighted by Gasteiger charge is 2.42. The van der Waals surface area contributed by atoms with Crippen LogP contribution in [0.5, 0.6) is 0 Å². The Balaban J connectivity index is 2.87. The summed E-state index contributed by atoms with van der Waals surface area (Å²) >= 11 is 0. The molecule has 0 saturated heterocycles. The first-order chi connectivity index (χ1) is 8.62. The minimum Gasteiger partial charge on any atom is -0.0710 e. The van der Waals surface area contributed by atoms with Crippen molar-refractivity contribution in [3.05, 3.63) is 30.3 Å². The second kappa shape index (κ2) is 6.10. The molecule has 0 aliphatic carbocycles. The molecule has 1 rings (SSSR count). The van der Waals surface area contributed by atoms with Crippen LogP contribution >= 0.6 is 0 Å². The average Bonchev–Trinajstić information content (AvgIpc) is 2.37. The highest BCUT2D eigenvalue weighted by Crippen LogP contribution is 2.29. The zero-order valence-electron chi connectivity index (χ0n) is 14.0. The Bertz CT molecular complexity index is 394. The maximum Gasteiger partial charge on any atom is 0.0738 e. The summed E-state index contributed by atoms with van der Waals surface area (Å²) in [6.45, 7) is 18.0. The van der Waals surface area contributed by atoms with Gasteiger partial charge in [0.15, 0.2) is 0 Å². The number of hydrogen-bond acceptors (Lipinski definition) is 0. The lowest BCUT2D eigenvalue weighted by Gasteiger charge is -2.40. The van der Waals surface area contributed by atoms with Gasteiger partial charge < -0.3 is 0 Å². The van der Waals surface area contributed by atoms with Crippen molar-refractivity contribution in [3.63, 3.8) is 0 Å². The Morgan fingerprint density at radius 2 is 1.32 bits per heavy atom. The molecule has 0 unspecified atom stereocenters. The topological polar surface area (TPSA) is 0 Å². The van der Waals surface area contributed by atoms with Gasteiger partial charge in [-0.1, -0.05) is 99.9 Å². The fourth-order valence-electron chi connectivity index (χ4n) is 2.39. The summed E-state index contributed by atoms with van der Waals surface area (Å²) in [5.41, 5.74) is 0. The first kappa shape index (κ1) is 16.9. The van der Waals surface area contributed by atoms with E-state index in [2.05, 4.69) is 76.5 Å². The first-order valence-corrected chi connectivity index (χ1v) is 18.3. The summed E-state index contributed by atoms with van der Waals surface area (Å²) in [5, 5.41) is 1.67. The Hall–Kier alpha value is -0.129. The van der Waals surface area contributed by atoms with E-state index in [4.69, 9.17) is 0 Å². The minimum atomic E-state index is -1.26. The maximum atomic E-state index is 2.65. The number of hydrogen-bond donors (Lipinski definition) is 0. The molecule has 3 heteroatoms. The molecule has 0 amide bonds. The van der Waals surface area contributed by atoms with Crippen molar-refractivity contribution in [1.82, 2.24) is 0 Å². The van der Waals surface area contributed by atoms with Crippen LogP contribution in [-0.4, -0.2) is 23.3 Å². The summed E-state index contributed by atoms with van der Waals surface area (Å²) in [4.78, 5) is 0. The summed E-state index contributed by atoms with van der Waals surface area (Å²) in [5.74, 6) is 0. The van der Waals surface area contributed by atoms with Gasteiger partial charge in [0.25, 0.3) is 0 Å². The first-order valence-electron chi connectivity index (χ1n) is 7.68. The van der Waals surface area contributed by atoms with Crippen molar-refractivity contribution in [3.8, 4) is 0 Å². The highest BCUT2D eigenvalue weighted by atomic mass is 29.3. The number of benzene rings is 1. The molecule has 0 aliphatic heterocycles. The predicted molar refractivity (Wildman–Crippen MR) is 98.6 cm³/mol. The van der Waals surface area contributed by atoms with Crippen LogP contribution in [0.2, 0.25) is 57.4 Å². The Morgan fingerprint density at radius 3 is 1.79 bits per heavy atom. The molecule has 108 valence electrons. The van der Waals surface area contributed by atoms with Gasteiger partial charge in [0, 0.05) is 15.7 Å². The smallest absolute Gasteiger partial charge is 0.0710 e. The highest BCUT2D eigenvalue weighted by molar-refractivity contribution is 7.45. The van der Waals surface area contributed by atoms with Crippen molar-refractivity contribution in [1.29, 1.82) is 0 Å². The van der Waals surface area contributed by atoms with Crippen LogP contribution in [0, 0.1) is 0 Å². The molecule has 0 aromatic heterocycles. The Morgan fingerprint density at radius 1 is 0.789 bits per heavy atom. The third kappa shape index (κ3) is 4.17. The van der Waals surface area contributed by atoms with Crippen LogP contribution in [0.25, 0.3) is 0 Å². The molecule has 0 atom stereocenters. The lowest BCUT2D eigenvalue weighted by molar-refractivity contribution is 1.22. The molecule has 0 aliphatic rings. The van der Waals surface area contributed by atoms with Crippen LogP contribution in [0.15, 0.2) is 30.3 Å². The Labute approximate surface area is 123 Å². The molecule has 1 aromatic rings. The van der Waals surface area contributed by atoms with Crippen LogP contribution < -0.4 is 5.19 Å². The van der Waals surface area contributed by atoms with E-state index in [-0.39, 0.29) is 0 Å². The summed E-state index contributed by atoms with van der Waals surface area (Å²) in [6, 6.07) is 15.9. The van der Waals surface area contributed by atoms with Gasteiger partial charge in [0.2, 0.25) is 0 Å². The molecule has 19 heavy (non-hydrogen) atoms. The molecule has 0 radical (unpaired) electrons. The van der Waals surface area contributed by atoms with Gasteiger partial charge in [-0.2, -0.15) is 0 Å². The van der Waals surface area contributed by atoms with E-state index in [0.29, 0.717) is 0 Å². The second-order valence-corrected chi connectivity index (χ2v) is 29.3. The van der Waals surface area contributed by atoms with Gasteiger partial charge >= 0.3 is 0 Å². The lowest BCUT2D eigenvalue weighted by atomic mass is 10.4. The quantitative estimate of drug-likeness (QED) is 0.640. The van der Waals surface area contributed by atoms with E-state index >= 15 is 0 Å². The normalized spacial score (nSPS) is 13.6. The van der Waals surface area contributed by atoms with E-state index in [1.807, 2.05) is 0 Å². The molecule has 0 fully saturated rings. The van der Waals surface area contributed by atoms with Crippen molar-refractivity contribution < 1.29 is 0 Å². The van der Waals surface area contributed by atoms with E-state index in [1.54, 1.807) is 5.19 Å². The molecule has 0 heterocycles. The molecular formula is C16H32Si3. The predicted octanol–water partition coefficient (Wildman–Crippen LogP) is 5.12. The summed E-state index contributed by atoms with van der Waals surface area (Å²) in [6.07, 6.45) is 0. The lowest BCUT2D eigenvalue weighted by Crippen LogP contribution is -2.63. The van der Waals surface area contributed by atoms with E-state index in [0.717, 1.165) is 0 Å². The Kier molecular flexibility index (Phi) is 5.44. The van der Waals surface area contributed by atoms with Crippen molar-refractivity contribution >= 4 is 28.4 Å². The van der Waals surface area contributed by atoms with Crippen LogP contribution in [0.3, 0.4) is 0 Å². The third-order valence-electron chi connectivity index (χ3n) is 5.57. The van der Waals surface area contributed by atoms with Crippen molar-refractivity contribution in [2.45, 2.75) is 64.3 Å². The zero-order chi connectivity index (χ0) is 14.7. The maximum absolute atomic E-state index is 2.65. The minimum absolute atomic E-state index is 0.910. The summed E-state index contributed by atoms with van der Waals surface area (Å²) < 4.78 is 0. The van der Waals surface area contributed by atoms with Gasteiger partial charge in [-0.25, -0.2) is 0 Å². The van der Waals surface area contributed by atoms with Crippen molar-refractivity contribution in [2.75, 3.05) is 0 Å². The molecule has 0 N–H and O–H groups in total. The number of rotatable bonds is 6. The second-order valence-electron chi connectivity index (χ2n) is 7.89. The van der Waals surface area contributed by atoms with Gasteiger partial charge in [0.05, 0.1) is 7.59 Å². The fourth-order valence-corrected chi connectivity index (χ4v) is 16.2. The van der Waals surface area contributed by atoms with Crippen LogP contribution in [-0.2, 0) is 0 Å². The van der Waals surface area contributed by atoms with Gasteiger partial charge in [-0.3, -0.25) is 0 Å². The molecular weight excluding hydrogens is 276 g/mol. The molecule has 0 saturated carbocycles. The van der Waals surface area contributed by atoms with E-state index in [9.17, 15) is 0 Å². The van der Waals surface area contributed by atoms with Gasteiger partial charge in [-0.05, 0) is 0 Å². The average molecular weight is 309 g/mol. The van der Waals surface area contributed by atoms with E-state index in [1.165, 1.54) is 18.1 Å². The zero-order valence-corrected chi connectivity index (χ0v) is 17.0. The molecule has 0 bridgehead atoms. The summed E-state index contributed by atoms with van der Waals surface area (Å²) in [7, 11) is -3.29. The molecule has 1 aromatic carbocycles. The molecule has 0 spiro atoms. The largest absolute Gasteiger partial charge is 0.0738 e. The van der Waals surface area contributed by atoms with Crippen LogP contribution in [0.4, 0.5) is 0 Å². The SMILES string of the molecule is CC[Si](C)(C)CC[Si](C)(C)[Si](C)(C)c1ccccc1. The van der Waals surface area contributed by atoms with Crippen LogP contribution in [0.1, 0.15) is 6.92 Å². The van der Waals surface area contributed by atoms with Gasteiger partial charge in [0.1, 0.15) is 0 Å². The van der Waals surface area contributed by atoms with Crippen molar-refractivity contribution in [2.24, 2.45) is 0 Å². The molecule has 0 nitrogen and oxygen atoms in total. The monoisotopic (exact) mass is 308 g/mol. The van der Waals surface area contributed by atoms with Gasteiger partial charge in [-0.15, -0.1) is 0 Å². The third-order valence-corrected chi connectivity index (χ3v) is 28.0.